The van der Waals surface area contributed by atoms with Crippen molar-refractivity contribution < 1.29 is 28.6 Å². The van der Waals surface area contributed by atoms with Crippen LogP contribution < -0.4 is 14.8 Å². The van der Waals surface area contributed by atoms with Crippen molar-refractivity contribution in [1.82, 2.24) is 20.1 Å². The number of carbonyl (C=O) groups is 3. The second kappa shape index (κ2) is 11.7. The lowest BCUT2D eigenvalue weighted by Crippen LogP contribution is -2.59. The summed E-state index contributed by atoms with van der Waals surface area (Å²) in [6, 6.07) is 16.8. The lowest BCUT2D eigenvalue weighted by Gasteiger charge is -2.44. The van der Waals surface area contributed by atoms with Gasteiger partial charge < -0.3 is 24.4 Å². The van der Waals surface area contributed by atoms with Crippen molar-refractivity contribution in [3.8, 4) is 11.5 Å². The standard InChI is InChI=1S/C30H32N4O6/c1-38-25-11-10-23(17-26(25)39-2)28(36)33-15-12-30(13-16-33)34(29(37)22-8-4-3-5-9-22)24(20-40-30)27(35)32-19-21-7-6-14-31-18-21/h3-11,14,17-18,24H,12-13,15-16,19-20H2,1-2H3,(H,32,35)/t24-/m1/s1. The number of rotatable bonds is 7. The quantitative estimate of drug-likeness (QED) is 0.487. The van der Waals surface area contributed by atoms with Crippen LogP contribution in [-0.2, 0) is 16.1 Å². The fraction of sp³-hybridized carbons (Fsp3) is 0.333. The summed E-state index contributed by atoms with van der Waals surface area (Å²) >= 11 is 0. The number of amides is 3. The highest BCUT2D eigenvalue weighted by Gasteiger charge is 2.54. The van der Waals surface area contributed by atoms with E-state index in [0.717, 1.165) is 5.56 Å². The highest BCUT2D eigenvalue weighted by molar-refractivity contribution is 5.98. The number of carbonyl (C=O) groups excluding carboxylic acids is 3. The van der Waals surface area contributed by atoms with Crippen LogP contribution in [0.2, 0.25) is 0 Å². The van der Waals surface area contributed by atoms with Crippen LogP contribution in [0.4, 0.5) is 0 Å². The Bertz CT molecular complexity index is 1360. The monoisotopic (exact) mass is 544 g/mol. The molecule has 2 aliphatic heterocycles. The topological polar surface area (TPSA) is 110 Å². The lowest BCUT2D eigenvalue weighted by atomic mass is 9.96. The van der Waals surface area contributed by atoms with Gasteiger partial charge in [-0.15, -0.1) is 0 Å². The fourth-order valence-electron chi connectivity index (χ4n) is 5.31. The molecule has 2 saturated heterocycles. The molecule has 3 aromatic rings. The van der Waals surface area contributed by atoms with Crippen molar-refractivity contribution in [2.75, 3.05) is 33.9 Å². The Morgan fingerprint density at radius 1 is 0.950 bits per heavy atom. The number of hydrogen-bond donors (Lipinski definition) is 1. The van der Waals surface area contributed by atoms with Crippen molar-refractivity contribution in [3.63, 3.8) is 0 Å². The molecule has 0 saturated carbocycles. The first-order chi connectivity index (χ1) is 19.5. The van der Waals surface area contributed by atoms with E-state index in [2.05, 4.69) is 10.3 Å². The van der Waals surface area contributed by atoms with Gasteiger partial charge in [0, 0.05) is 56.0 Å². The third-order valence-electron chi connectivity index (χ3n) is 7.45. The molecule has 1 N–H and O–H groups in total. The molecule has 2 fully saturated rings. The molecule has 0 radical (unpaired) electrons. The summed E-state index contributed by atoms with van der Waals surface area (Å²) in [6.07, 6.45) is 4.10. The third-order valence-corrected chi connectivity index (χ3v) is 7.45. The maximum atomic E-state index is 13.8. The molecule has 10 nitrogen and oxygen atoms in total. The van der Waals surface area contributed by atoms with Gasteiger partial charge >= 0.3 is 0 Å². The smallest absolute Gasteiger partial charge is 0.256 e. The van der Waals surface area contributed by atoms with Crippen LogP contribution in [0.1, 0.15) is 39.1 Å². The minimum atomic E-state index is -1.00. The molecular formula is C30H32N4O6. The van der Waals surface area contributed by atoms with Gasteiger partial charge in [0.25, 0.3) is 11.8 Å². The van der Waals surface area contributed by atoms with Crippen LogP contribution in [0.25, 0.3) is 0 Å². The predicted molar refractivity (Wildman–Crippen MR) is 146 cm³/mol. The van der Waals surface area contributed by atoms with Gasteiger partial charge in [0.15, 0.2) is 11.5 Å². The van der Waals surface area contributed by atoms with Gasteiger partial charge in [0.05, 0.1) is 20.8 Å². The lowest BCUT2D eigenvalue weighted by molar-refractivity contribution is -0.128. The van der Waals surface area contributed by atoms with Crippen molar-refractivity contribution in [2.45, 2.75) is 31.2 Å². The first-order valence-electron chi connectivity index (χ1n) is 13.2. The summed E-state index contributed by atoms with van der Waals surface area (Å²) in [5, 5.41) is 2.93. The minimum absolute atomic E-state index is 0.0705. The Kier molecular flexibility index (Phi) is 7.97. The molecule has 5 rings (SSSR count). The average molecular weight is 545 g/mol. The van der Waals surface area contributed by atoms with Crippen LogP contribution in [-0.4, -0.2) is 78.2 Å². The molecule has 1 atom stereocenters. The zero-order valence-electron chi connectivity index (χ0n) is 22.5. The second-order valence-electron chi connectivity index (χ2n) is 9.76. The zero-order valence-corrected chi connectivity index (χ0v) is 22.5. The Morgan fingerprint density at radius 3 is 2.38 bits per heavy atom. The third kappa shape index (κ3) is 5.35. The Labute approximate surface area is 232 Å². The van der Waals surface area contributed by atoms with E-state index in [9.17, 15) is 14.4 Å². The molecule has 3 heterocycles. The zero-order chi connectivity index (χ0) is 28.1. The summed E-state index contributed by atoms with van der Waals surface area (Å²) in [7, 11) is 3.07. The number of pyridine rings is 1. The van der Waals surface area contributed by atoms with Crippen LogP contribution in [0, 0.1) is 0 Å². The molecule has 10 heteroatoms. The van der Waals surface area contributed by atoms with Gasteiger partial charge in [-0.25, -0.2) is 0 Å². The number of benzene rings is 2. The van der Waals surface area contributed by atoms with Crippen LogP contribution in [0.3, 0.4) is 0 Å². The van der Waals surface area contributed by atoms with Crippen LogP contribution >= 0.6 is 0 Å². The molecule has 1 spiro atoms. The summed E-state index contributed by atoms with van der Waals surface area (Å²) in [5.41, 5.74) is 0.803. The van der Waals surface area contributed by atoms with E-state index >= 15 is 0 Å². The van der Waals surface area contributed by atoms with E-state index in [1.807, 2.05) is 12.1 Å². The molecule has 208 valence electrons. The molecular weight excluding hydrogens is 512 g/mol. The van der Waals surface area contributed by atoms with Crippen molar-refractivity contribution in [1.29, 1.82) is 0 Å². The number of ether oxygens (including phenoxy) is 3. The Balaban J connectivity index is 1.34. The number of likely N-dealkylation sites (tertiary alicyclic amines) is 1. The molecule has 0 unspecified atom stereocenters. The fourth-order valence-corrected chi connectivity index (χ4v) is 5.31. The summed E-state index contributed by atoms with van der Waals surface area (Å²) in [5.74, 6) is 0.285. The first kappa shape index (κ1) is 27.1. The minimum Gasteiger partial charge on any atom is -0.493 e. The van der Waals surface area contributed by atoms with Crippen LogP contribution in [0.15, 0.2) is 73.1 Å². The average Bonchev–Trinajstić information content (AvgIpc) is 3.38. The summed E-state index contributed by atoms with van der Waals surface area (Å²) in [6.45, 7) is 1.07. The van der Waals surface area contributed by atoms with Gasteiger partial charge in [-0.1, -0.05) is 24.3 Å². The predicted octanol–water partition coefficient (Wildman–Crippen LogP) is 2.89. The van der Waals surface area contributed by atoms with Gasteiger partial charge in [0.2, 0.25) is 5.91 Å². The summed E-state index contributed by atoms with van der Waals surface area (Å²) < 4.78 is 16.9. The Morgan fingerprint density at radius 2 is 1.70 bits per heavy atom. The van der Waals surface area contributed by atoms with E-state index < -0.39 is 11.8 Å². The van der Waals surface area contributed by atoms with Gasteiger partial charge in [-0.3, -0.25) is 24.3 Å². The van der Waals surface area contributed by atoms with Gasteiger partial charge in [0.1, 0.15) is 11.8 Å². The molecule has 0 bridgehead atoms. The molecule has 0 aliphatic carbocycles. The van der Waals surface area contributed by atoms with E-state index in [1.54, 1.807) is 77.8 Å². The summed E-state index contributed by atoms with van der Waals surface area (Å²) in [4.78, 5) is 47.9. The molecule has 40 heavy (non-hydrogen) atoms. The van der Waals surface area contributed by atoms with Crippen molar-refractivity contribution in [2.24, 2.45) is 0 Å². The van der Waals surface area contributed by atoms with E-state index in [4.69, 9.17) is 14.2 Å². The second-order valence-corrected chi connectivity index (χ2v) is 9.76. The van der Waals surface area contributed by atoms with E-state index in [1.165, 1.54) is 7.11 Å². The van der Waals surface area contributed by atoms with Gasteiger partial charge in [-0.2, -0.15) is 0 Å². The number of aromatic nitrogens is 1. The molecule has 2 aromatic carbocycles. The van der Waals surface area contributed by atoms with Crippen LogP contribution in [0.5, 0.6) is 11.5 Å². The van der Waals surface area contributed by atoms with E-state index in [0.29, 0.717) is 48.6 Å². The van der Waals surface area contributed by atoms with Crippen molar-refractivity contribution in [3.05, 3.63) is 89.7 Å². The normalized spacial score (nSPS) is 17.9. The number of nitrogens with one attached hydrogen (secondary N) is 1. The van der Waals surface area contributed by atoms with Gasteiger partial charge in [-0.05, 0) is 42.0 Å². The highest BCUT2D eigenvalue weighted by Crippen LogP contribution is 2.39. The maximum absolute atomic E-state index is 13.8. The molecule has 2 aliphatic rings. The largest absolute Gasteiger partial charge is 0.493 e. The highest BCUT2D eigenvalue weighted by atomic mass is 16.5. The Hall–Kier alpha value is -4.44. The maximum Gasteiger partial charge on any atom is 0.256 e. The number of piperidine rings is 1. The van der Waals surface area contributed by atoms with E-state index in [-0.39, 0.29) is 30.9 Å². The first-order valence-corrected chi connectivity index (χ1v) is 13.2. The number of hydrogen-bond acceptors (Lipinski definition) is 7. The number of methoxy groups -OCH3 is 2. The number of nitrogens with zero attached hydrogens (tertiary/aromatic N) is 3. The molecule has 3 amide bonds. The molecule has 1 aromatic heterocycles. The van der Waals surface area contributed by atoms with Crippen molar-refractivity contribution >= 4 is 17.7 Å². The SMILES string of the molecule is COc1ccc(C(=O)N2CCC3(CC2)OC[C@H](C(=O)NCc2cccnc2)N3C(=O)c2ccccc2)cc1OC.